The molecule has 0 aromatic heterocycles. The molecule has 2 heteroatoms. The highest BCUT2D eigenvalue weighted by Crippen LogP contribution is 2.16. The van der Waals surface area contributed by atoms with E-state index < -0.39 is 0 Å². The predicted octanol–water partition coefficient (Wildman–Crippen LogP) is 3.41. The lowest BCUT2D eigenvalue weighted by atomic mass is 10.0. The van der Waals surface area contributed by atoms with E-state index in [0.717, 1.165) is 17.6 Å². The van der Waals surface area contributed by atoms with Crippen molar-refractivity contribution in [3.8, 4) is 0 Å². The molecule has 1 nitrogen and oxygen atoms in total. The van der Waals surface area contributed by atoms with Crippen molar-refractivity contribution in [2.24, 2.45) is 16.2 Å². The fraction of sp³-hybridized carbons (Fsp3) is 0.889. The Morgan fingerprint density at radius 3 is 2.45 bits per heavy atom. The van der Waals surface area contributed by atoms with Gasteiger partial charge in [0.15, 0.2) is 0 Å². The summed E-state index contributed by atoms with van der Waals surface area (Å²) in [6, 6.07) is 0. The second kappa shape index (κ2) is 6.71. The Hall–Kier alpha value is 0.0200. The number of nitrogens with zero attached hydrogens (tertiary/aromatic N) is 1. The van der Waals surface area contributed by atoms with Gasteiger partial charge < -0.3 is 0 Å². The van der Waals surface area contributed by atoms with E-state index in [1.165, 1.54) is 6.42 Å². The molecule has 0 rings (SSSR count). The number of hydrogen-bond acceptors (Lipinski definition) is 2. The smallest absolute Gasteiger partial charge is 0.0179 e. The van der Waals surface area contributed by atoms with Crippen molar-refractivity contribution in [3.63, 3.8) is 0 Å². The molecule has 11 heavy (non-hydrogen) atoms. The summed E-state index contributed by atoms with van der Waals surface area (Å²) < 4.78 is 4.11. The molecule has 0 saturated heterocycles. The fourth-order valence-electron chi connectivity index (χ4n) is 1.12. The second-order valence-corrected chi connectivity index (χ2v) is 4.20. The van der Waals surface area contributed by atoms with E-state index >= 15 is 0 Å². The zero-order valence-electron chi connectivity index (χ0n) is 8.00. The summed E-state index contributed by atoms with van der Waals surface area (Å²) in [6.45, 7) is 8.78. The molecule has 66 valence electrons. The molecule has 0 heterocycles. The average molecular weight is 173 g/mol. The Morgan fingerprint density at radius 2 is 2.00 bits per heavy atom. The van der Waals surface area contributed by atoms with Crippen LogP contribution in [-0.2, 0) is 0 Å². The SMILES string of the molecule is CC=NSCC(C)CC(C)C. The van der Waals surface area contributed by atoms with Crippen molar-refractivity contribution in [2.75, 3.05) is 5.75 Å². The minimum atomic E-state index is 0.795. The van der Waals surface area contributed by atoms with Gasteiger partial charge in [-0.25, -0.2) is 4.40 Å². The van der Waals surface area contributed by atoms with Crippen molar-refractivity contribution in [3.05, 3.63) is 0 Å². The first-order valence-corrected chi connectivity index (χ1v) is 5.21. The third kappa shape index (κ3) is 7.92. The Morgan fingerprint density at radius 1 is 1.36 bits per heavy atom. The molecule has 0 aliphatic carbocycles. The third-order valence-electron chi connectivity index (χ3n) is 1.41. The molecule has 0 aromatic carbocycles. The first-order valence-electron chi connectivity index (χ1n) is 4.26. The summed E-state index contributed by atoms with van der Waals surface area (Å²) in [5.41, 5.74) is 0. The molecule has 0 radical (unpaired) electrons. The fourth-order valence-corrected chi connectivity index (χ4v) is 1.74. The van der Waals surface area contributed by atoms with Gasteiger partial charge in [-0.05, 0) is 37.1 Å². The maximum Gasteiger partial charge on any atom is 0.0179 e. The van der Waals surface area contributed by atoms with E-state index in [9.17, 15) is 0 Å². The summed E-state index contributed by atoms with van der Waals surface area (Å²) in [7, 11) is 0. The van der Waals surface area contributed by atoms with Crippen LogP contribution in [0.3, 0.4) is 0 Å². The highest BCUT2D eigenvalue weighted by atomic mass is 32.2. The van der Waals surface area contributed by atoms with Gasteiger partial charge in [-0.15, -0.1) is 0 Å². The van der Waals surface area contributed by atoms with E-state index in [2.05, 4.69) is 25.2 Å². The zero-order valence-corrected chi connectivity index (χ0v) is 8.82. The van der Waals surface area contributed by atoms with Crippen LogP contribution in [0.1, 0.15) is 34.1 Å². The van der Waals surface area contributed by atoms with Crippen LogP contribution in [0.15, 0.2) is 4.40 Å². The van der Waals surface area contributed by atoms with Gasteiger partial charge in [-0.1, -0.05) is 20.8 Å². The molecule has 0 aromatic rings. The summed E-state index contributed by atoms with van der Waals surface area (Å²) >= 11 is 1.67. The second-order valence-electron chi connectivity index (χ2n) is 3.39. The molecule has 0 aliphatic heterocycles. The van der Waals surface area contributed by atoms with Gasteiger partial charge in [0.2, 0.25) is 0 Å². The van der Waals surface area contributed by atoms with Crippen LogP contribution in [-0.4, -0.2) is 12.0 Å². The Balaban J connectivity index is 3.29. The average Bonchev–Trinajstić information content (AvgIpc) is 1.86. The molecule has 0 fully saturated rings. The summed E-state index contributed by atoms with van der Waals surface area (Å²) in [5, 5.41) is 0. The quantitative estimate of drug-likeness (QED) is 0.458. The van der Waals surface area contributed by atoms with Gasteiger partial charge in [-0.2, -0.15) is 0 Å². The minimum Gasteiger partial charge on any atom is -0.229 e. The summed E-state index contributed by atoms with van der Waals surface area (Å²) in [4.78, 5) is 0. The van der Waals surface area contributed by atoms with Gasteiger partial charge in [0, 0.05) is 12.0 Å². The van der Waals surface area contributed by atoms with Crippen LogP contribution in [0.5, 0.6) is 0 Å². The molecule has 0 aliphatic rings. The maximum absolute atomic E-state index is 4.11. The van der Waals surface area contributed by atoms with Crippen LogP contribution >= 0.6 is 11.9 Å². The third-order valence-corrected chi connectivity index (χ3v) is 2.49. The zero-order chi connectivity index (χ0) is 8.69. The van der Waals surface area contributed by atoms with Gasteiger partial charge >= 0.3 is 0 Å². The van der Waals surface area contributed by atoms with Crippen molar-refractivity contribution in [1.82, 2.24) is 0 Å². The molecule has 0 bridgehead atoms. The van der Waals surface area contributed by atoms with Crippen LogP contribution in [0.4, 0.5) is 0 Å². The van der Waals surface area contributed by atoms with Gasteiger partial charge in [0.05, 0.1) is 0 Å². The summed E-state index contributed by atoms with van der Waals surface area (Å²) in [5.74, 6) is 2.77. The van der Waals surface area contributed by atoms with Crippen LogP contribution in [0.2, 0.25) is 0 Å². The predicted molar refractivity (Wildman–Crippen MR) is 55.2 cm³/mol. The van der Waals surface area contributed by atoms with E-state index in [0.29, 0.717) is 0 Å². The van der Waals surface area contributed by atoms with Gasteiger partial charge in [-0.3, -0.25) is 0 Å². The highest BCUT2D eigenvalue weighted by Gasteiger charge is 2.03. The molecule has 0 N–H and O–H groups in total. The largest absolute Gasteiger partial charge is 0.229 e. The molecule has 0 saturated carbocycles. The number of hydrogen-bond donors (Lipinski definition) is 0. The van der Waals surface area contributed by atoms with Crippen LogP contribution < -0.4 is 0 Å². The Labute approximate surface area is 74.8 Å². The molecular formula is C9H19NS. The molecule has 1 unspecified atom stereocenters. The Kier molecular flexibility index (Phi) is 6.73. The lowest BCUT2D eigenvalue weighted by Crippen LogP contribution is -2.01. The van der Waals surface area contributed by atoms with E-state index in [1.54, 1.807) is 11.9 Å². The van der Waals surface area contributed by atoms with Crippen molar-refractivity contribution in [2.45, 2.75) is 34.1 Å². The van der Waals surface area contributed by atoms with E-state index in [-0.39, 0.29) is 0 Å². The Bertz CT molecular complexity index is 110. The molecular weight excluding hydrogens is 154 g/mol. The first-order chi connectivity index (χ1) is 5.16. The van der Waals surface area contributed by atoms with Crippen molar-refractivity contribution >= 4 is 18.2 Å². The summed E-state index contributed by atoms with van der Waals surface area (Å²) in [6.07, 6.45) is 3.17. The lowest BCUT2D eigenvalue weighted by molar-refractivity contribution is 0.475. The molecule has 1 atom stereocenters. The minimum absolute atomic E-state index is 0.795. The lowest BCUT2D eigenvalue weighted by Gasteiger charge is -2.10. The molecule has 0 amide bonds. The van der Waals surface area contributed by atoms with Crippen LogP contribution in [0.25, 0.3) is 0 Å². The standard InChI is InChI=1S/C9H19NS/c1-5-10-11-7-9(4)6-8(2)3/h5,8-9H,6-7H2,1-4H3. The van der Waals surface area contributed by atoms with Crippen molar-refractivity contribution in [1.29, 1.82) is 0 Å². The first kappa shape index (κ1) is 11.0. The number of rotatable bonds is 5. The van der Waals surface area contributed by atoms with Crippen molar-refractivity contribution < 1.29 is 0 Å². The maximum atomic E-state index is 4.11. The van der Waals surface area contributed by atoms with E-state index in [4.69, 9.17) is 0 Å². The highest BCUT2D eigenvalue weighted by molar-refractivity contribution is 7.98. The normalized spacial score (nSPS) is 14.6. The topological polar surface area (TPSA) is 12.4 Å². The monoisotopic (exact) mass is 173 g/mol. The van der Waals surface area contributed by atoms with Gasteiger partial charge in [0.1, 0.15) is 0 Å². The molecule has 0 spiro atoms. The van der Waals surface area contributed by atoms with E-state index in [1.807, 2.05) is 13.1 Å². The van der Waals surface area contributed by atoms with Gasteiger partial charge in [0.25, 0.3) is 0 Å². The van der Waals surface area contributed by atoms with Crippen LogP contribution in [0, 0.1) is 11.8 Å².